The van der Waals surface area contributed by atoms with Crippen molar-refractivity contribution in [3.05, 3.63) is 75.6 Å². The standard InChI is InChI=1S/C38H51IN7O10P/c1-36(2,3)20-53-31(48)25(22-15-11-9-12-16-22)44-57(51,45-26(23-17-13-10-14-18-23)32(49)54-21-37(4,5)6)55-19-24-28(47)38(7,50)33(56-24)46-29-27(41-34(46)39)30(52-8)43-35(40)42-29/h9-18,24-26,28,33,47,50H,19-21H2,1-8H3,(H2,40,42,43)(H2,44,45,51)/t24-,25+,26+,28-,33-,38-/m1/s1. The number of carbonyl (C=O) groups excluding carboxylic acids is 2. The summed E-state index contributed by atoms with van der Waals surface area (Å²) in [6.45, 7) is 12.2. The van der Waals surface area contributed by atoms with Gasteiger partial charge < -0.3 is 39.4 Å². The summed E-state index contributed by atoms with van der Waals surface area (Å²) in [5.74, 6) is -1.55. The quantitative estimate of drug-likeness (QED) is 0.0457. The van der Waals surface area contributed by atoms with Crippen LogP contribution in [0.3, 0.4) is 0 Å². The molecule has 2 aromatic carbocycles. The number of nitrogen functional groups attached to an aromatic ring is 1. The molecule has 57 heavy (non-hydrogen) atoms. The number of nitrogens with one attached hydrogen (secondary N) is 2. The van der Waals surface area contributed by atoms with Crippen LogP contribution in [-0.2, 0) is 32.9 Å². The van der Waals surface area contributed by atoms with E-state index in [1.165, 1.54) is 18.6 Å². The summed E-state index contributed by atoms with van der Waals surface area (Å²) in [6, 6.07) is 14.2. The lowest BCUT2D eigenvalue weighted by Crippen LogP contribution is -2.45. The molecule has 0 amide bonds. The number of hydrogen-bond donors (Lipinski definition) is 5. The summed E-state index contributed by atoms with van der Waals surface area (Å²) >= 11 is 1.92. The molecule has 4 aromatic rings. The smallest absolute Gasteiger partial charge is 0.342 e. The number of methoxy groups -OCH3 is 1. The molecule has 6 atom stereocenters. The molecule has 0 aliphatic carbocycles. The molecule has 17 nitrogen and oxygen atoms in total. The number of aromatic nitrogens is 4. The van der Waals surface area contributed by atoms with E-state index < -0.39 is 73.2 Å². The van der Waals surface area contributed by atoms with E-state index in [-0.39, 0.29) is 36.2 Å². The molecule has 1 aliphatic rings. The van der Waals surface area contributed by atoms with Crippen molar-refractivity contribution in [3.8, 4) is 5.88 Å². The summed E-state index contributed by atoms with van der Waals surface area (Å²) in [6.07, 6.45) is -4.28. The van der Waals surface area contributed by atoms with Crippen molar-refractivity contribution in [2.24, 2.45) is 10.8 Å². The second-order valence-electron chi connectivity index (χ2n) is 16.3. The van der Waals surface area contributed by atoms with Crippen LogP contribution in [-0.4, -0.2) is 86.4 Å². The minimum Gasteiger partial charge on any atom is -0.479 e. The summed E-state index contributed by atoms with van der Waals surface area (Å²) < 4.78 is 46.2. The van der Waals surface area contributed by atoms with Crippen LogP contribution in [0.4, 0.5) is 5.95 Å². The summed E-state index contributed by atoms with van der Waals surface area (Å²) in [7, 11) is -3.22. The maximum atomic E-state index is 15.3. The lowest BCUT2D eigenvalue weighted by molar-refractivity contribution is -0.149. The number of benzene rings is 2. The second-order valence-corrected chi connectivity index (χ2v) is 19.2. The minimum absolute atomic E-state index is 0.0456. The zero-order valence-electron chi connectivity index (χ0n) is 33.1. The highest BCUT2D eigenvalue weighted by atomic mass is 127. The Kier molecular flexibility index (Phi) is 13.7. The Morgan fingerprint density at radius 1 is 0.930 bits per heavy atom. The number of imidazole rings is 1. The molecule has 1 aliphatic heterocycles. The Balaban J connectivity index is 1.53. The molecular formula is C38H51IN7O10P. The first-order valence-electron chi connectivity index (χ1n) is 18.2. The van der Waals surface area contributed by atoms with Crippen molar-refractivity contribution < 1.29 is 47.8 Å². The molecule has 1 saturated heterocycles. The molecule has 2 aromatic heterocycles. The van der Waals surface area contributed by atoms with Crippen molar-refractivity contribution in [1.29, 1.82) is 0 Å². The predicted octanol–water partition coefficient (Wildman–Crippen LogP) is 5.00. The fraction of sp³-hybridized carbons (Fsp3) is 0.500. The summed E-state index contributed by atoms with van der Waals surface area (Å²) in [4.78, 5) is 40.5. The zero-order chi connectivity index (χ0) is 41.9. The fourth-order valence-electron chi connectivity index (χ4n) is 5.83. The third-order valence-corrected chi connectivity index (χ3v) is 11.2. The molecule has 310 valence electrons. The van der Waals surface area contributed by atoms with E-state index >= 15 is 4.57 Å². The zero-order valence-corrected chi connectivity index (χ0v) is 36.2. The lowest BCUT2D eigenvalue weighted by atomic mass is 9.96. The number of halogens is 1. The Bertz CT molecular complexity index is 2000. The molecule has 0 unspecified atom stereocenters. The molecule has 0 spiro atoms. The highest BCUT2D eigenvalue weighted by molar-refractivity contribution is 14.1. The molecule has 0 bridgehead atoms. The average Bonchev–Trinajstić information content (AvgIpc) is 3.59. The number of fused-ring (bicyclic) bond motifs is 1. The normalized spacial score (nSPS) is 21.3. The van der Waals surface area contributed by atoms with Gasteiger partial charge in [0, 0.05) is 22.6 Å². The van der Waals surface area contributed by atoms with Gasteiger partial charge in [0.1, 0.15) is 29.9 Å². The number of nitrogens with two attached hydrogens (primary N) is 1. The maximum Gasteiger partial charge on any atom is 0.342 e. The molecular weight excluding hydrogens is 872 g/mol. The van der Waals surface area contributed by atoms with E-state index in [4.69, 9.17) is 29.2 Å². The Morgan fingerprint density at radius 3 is 1.88 bits per heavy atom. The van der Waals surface area contributed by atoms with Gasteiger partial charge >= 0.3 is 19.6 Å². The van der Waals surface area contributed by atoms with E-state index in [0.29, 0.717) is 15.0 Å². The van der Waals surface area contributed by atoms with Crippen LogP contribution in [0.2, 0.25) is 0 Å². The van der Waals surface area contributed by atoms with Gasteiger partial charge in [-0.25, -0.2) is 24.7 Å². The van der Waals surface area contributed by atoms with Gasteiger partial charge in [0.2, 0.25) is 11.8 Å². The second kappa shape index (κ2) is 17.6. The number of anilines is 1. The number of hydrogen-bond acceptors (Lipinski definition) is 14. The number of esters is 2. The third-order valence-electron chi connectivity index (χ3n) is 8.72. The van der Waals surface area contributed by atoms with Crippen LogP contribution < -0.4 is 20.6 Å². The van der Waals surface area contributed by atoms with Gasteiger partial charge in [-0.15, -0.1) is 0 Å². The van der Waals surface area contributed by atoms with Gasteiger partial charge in [-0.3, -0.25) is 9.13 Å². The van der Waals surface area contributed by atoms with Gasteiger partial charge in [-0.1, -0.05) is 102 Å². The number of aliphatic hydroxyl groups excluding tert-OH is 1. The number of nitrogens with zero attached hydrogens (tertiary/aromatic N) is 4. The molecule has 1 fully saturated rings. The molecule has 6 N–H and O–H groups in total. The van der Waals surface area contributed by atoms with Crippen molar-refractivity contribution in [1.82, 2.24) is 29.7 Å². The highest BCUT2D eigenvalue weighted by Crippen LogP contribution is 2.47. The first kappa shape index (κ1) is 44.4. The Morgan fingerprint density at radius 2 is 1.42 bits per heavy atom. The van der Waals surface area contributed by atoms with Crippen LogP contribution >= 0.6 is 30.3 Å². The van der Waals surface area contributed by atoms with E-state index in [0.717, 1.165) is 0 Å². The molecule has 19 heteroatoms. The van der Waals surface area contributed by atoms with Gasteiger partial charge in [0.15, 0.2) is 21.2 Å². The van der Waals surface area contributed by atoms with E-state index in [1.807, 2.05) is 64.1 Å². The van der Waals surface area contributed by atoms with E-state index in [1.54, 1.807) is 60.7 Å². The number of ether oxygens (including phenoxy) is 4. The molecule has 3 heterocycles. The SMILES string of the molecule is COc1nc(N)nc2c1nc(I)n2[C@@H]1O[C@H](COP(=O)(N[C@H](C(=O)OCC(C)(C)C)c2ccccc2)N[C@H](C(=O)OCC(C)(C)C)c2ccccc2)[C@@H](O)[C@@]1(C)O. The third kappa shape index (κ3) is 10.9. The predicted molar refractivity (Wildman–Crippen MR) is 219 cm³/mol. The van der Waals surface area contributed by atoms with Crippen LogP contribution in [0.1, 0.15) is 77.9 Å². The lowest BCUT2D eigenvalue weighted by Gasteiger charge is -2.31. The first-order valence-corrected chi connectivity index (χ1v) is 20.9. The molecule has 5 rings (SSSR count). The van der Waals surface area contributed by atoms with Crippen molar-refractivity contribution in [3.63, 3.8) is 0 Å². The van der Waals surface area contributed by atoms with Gasteiger partial charge in [-0.05, 0) is 28.9 Å². The Labute approximate surface area is 345 Å². The van der Waals surface area contributed by atoms with Gasteiger partial charge in [-0.2, -0.15) is 9.97 Å². The van der Waals surface area contributed by atoms with Crippen molar-refractivity contribution in [2.75, 3.05) is 32.7 Å². The molecule has 0 saturated carbocycles. The van der Waals surface area contributed by atoms with E-state index in [9.17, 15) is 19.8 Å². The number of carbonyl (C=O) groups is 2. The molecule has 0 radical (unpaired) electrons. The monoisotopic (exact) mass is 923 g/mol. The average molecular weight is 924 g/mol. The minimum atomic E-state index is -4.61. The van der Waals surface area contributed by atoms with Crippen molar-refractivity contribution in [2.45, 2.75) is 84.6 Å². The van der Waals surface area contributed by atoms with Gasteiger partial charge in [0.25, 0.3) is 0 Å². The van der Waals surface area contributed by atoms with Crippen LogP contribution in [0.15, 0.2) is 60.7 Å². The van der Waals surface area contributed by atoms with Crippen LogP contribution in [0.5, 0.6) is 5.88 Å². The fourth-order valence-corrected chi connectivity index (χ4v) is 8.32. The van der Waals surface area contributed by atoms with E-state index in [2.05, 4.69) is 25.1 Å². The number of aliphatic hydroxyl groups is 2. The summed E-state index contributed by atoms with van der Waals surface area (Å²) in [5, 5.41) is 29.0. The highest BCUT2D eigenvalue weighted by Gasteiger charge is 2.55. The Hall–Kier alpha value is -3.75. The summed E-state index contributed by atoms with van der Waals surface area (Å²) in [5.41, 5.74) is 4.36. The van der Waals surface area contributed by atoms with Gasteiger partial charge in [0.05, 0.1) is 26.9 Å². The maximum absolute atomic E-state index is 15.3. The van der Waals surface area contributed by atoms with Crippen molar-refractivity contribution >= 4 is 59.3 Å². The largest absolute Gasteiger partial charge is 0.479 e. The van der Waals surface area contributed by atoms with Crippen LogP contribution in [0, 0.1) is 14.7 Å². The number of rotatable bonds is 15. The van der Waals surface area contributed by atoms with Crippen LogP contribution in [0.25, 0.3) is 11.2 Å². The first-order chi connectivity index (χ1) is 26.6. The topological polar surface area (TPSA) is 231 Å².